The summed E-state index contributed by atoms with van der Waals surface area (Å²) in [5.74, 6) is 0.136. The highest BCUT2D eigenvalue weighted by molar-refractivity contribution is 7.92. The molecular formula is C15H17N5O2S. The molecule has 0 aliphatic rings. The number of hydrogen-bond acceptors (Lipinski definition) is 5. The molecule has 0 aliphatic carbocycles. The van der Waals surface area contributed by atoms with Gasteiger partial charge in [-0.05, 0) is 30.7 Å². The number of sulfonamides is 1. The third-order valence-corrected chi connectivity index (χ3v) is 4.76. The lowest BCUT2D eigenvalue weighted by atomic mass is 10.1. The van der Waals surface area contributed by atoms with Gasteiger partial charge in [-0.15, -0.1) is 10.2 Å². The molecule has 0 bridgehead atoms. The first-order valence-electron chi connectivity index (χ1n) is 7.35. The number of unbranched alkanes of at least 4 members (excludes halogenated alkanes) is 1. The van der Waals surface area contributed by atoms with Gasteiger partial charge in [-0.25, -0.2) is 8.42 Å². The average molecular weight is 331 g/mol. The summed E-state index contributed by atoms with van der Waals surface area (Å²) in [4.78, 5) is 0. The Morgan fingerprint density at radius 3 is 2.65 bits per heavy atom. The summed E-state index contributed by atoms with van der Waals surface area (Å²) >= 11 is 0. The number of fused-ring (bicyclic) bond motifs is 1. The lowest BCUT2D eigenvalue weighted by Gasteiger charge is -2.08. The monoisotopic (exact) mass is 331 g/mol. The number of nitrogens with one attached hydrogen (secondary N) is 1. The molecule has 3 aromatic rings. The van der Waals surface area contributed by atoms with Crippen molar-refractivity contribution in [3.05, 3.63) is 42.7 Å². The zero-order valence-corrected chi connectivity index (χ0v) is 13.5. The largest absolute Gasteiger partial charge is 0.284 e. The molecule has 0 radical (unpaired) electrons. The molecule has 8 heteroatoms. The van der Waals surface area contributed by atoms with Gasteiger partial charge in [0.1, 0.15) is 6.33 Å². The molecular weight excluding hydrogens is 314 g/mol. The first-order chi connectivity index (χ1) is 11.1. The summed E-state index contributed by atoms with van der Waals surface area (Å²) in [6, 6.07) is 10.8. The second-order valence-electron chi connectivity index (χ2n) is 5.20. The van der Waals surface area contributed by atoms with E-state index in [1.165, 1.54) is 6.33 Å². The Bertz CT molecular complexity index is 903. The molecule has 23 heavy (non-hydrogen) atoms. The van der Waals surface area contributed by atoms with Crippen molar-refractivity contribution in [3.63, 3.8) is 0 Å². The van der Waals surface area contributed by atoms with Crippen LogP contribution in [0, 0.1) is 0 Å². The molecule has 0 unspecified atom stereocenters. The van der Waals surface area contributed by atoms with Crippen LogP contribution in [0.4, 0.5) is 5.69 Å². The summed E-state index contributed by atoms with van der Waals surface area (Å²) in [6.07, 6.45) is 3.03. The minimum absolute atomic E-state index is 0.136. The number of nitrogens with zero attached hydrogens (tertiary/aromatic N) is 4. The van der Waals surface area contributed by atoms with Gasteiger partial charge in [0.2, 0.25) is 10.0 Å². The molecule has 0 saturated heterocycles. The van der Waals surface area contributed by atoms with Crippen LogP contribution in [0.15, 0.2) is 42.7 Å². The van der Waals surface area contributed by atoms with E-state index < -0.39 is 10.0 Å². The number of rotatable bonds is 6. The third kappa shape index (κ3) is 3.65. The number of benzene rings is 1. The van der Waals surface area contributed by atoms with Crippen LogP contribution in [0.3, 0.4) is 0 Å². The molecule has 0 amide bonds. The highest BCUT2D eigenvalue weighted by atomic mass is 32.2. The van der Waals surface area contributed by atoms with E-state index in [4.69, 9.17) is 0 Å². The second kappa shape index (κ2) is 6.33. The summed E-state index contributed by atoms with van der Waals surface area (Å²) in [5, 5.41) is 12.1. The summed E-state index contributed by atoms with van der Waals surface area (Å²) < 4.78 is 28.0. The Labute approximate surface area is 134 Å². The van der Waals surface area contributed by atoms with Gasteiger partial charge in [-0.1, -0.05) is 25.5 Å². The zero-order chi connectivity index (χ0) is 16.3. The average Bonchev–Trinajstić information content (AvgIpc) is 3.01. The molecule has 3 rings (SSSR count). The predicted octanol–water partition coefficient (Wildman–Crippen LogP) is 2.33. The van der Waals surface area contributed by atoms with E-state index in [-0.39, 0.29) is 5.75 Å². The molecule has 7 nitrogen and oxygen atoms in total. The molecule has 0 saturated carbocycles. The first-order valence-corrected chi connectivity index (χ1v) is 9.00. The van der Waals surface area contributed by atoms with Crippen molar-refractivity contribution >= 4 is 21.4 Å². The Morgan fingerprint density at radius 1 is 1.13 bits per heavy atom. The molecule has 1 N–H and O–H groups in total. The smallest absolute Gasteiger partial charge is 0.232 e. The standard InChI is InChI=1S/C15H17N5O2S/c1-2-3-10-23(21,22)19-13-6-4-12(5-7-13)14-8-9-15-17-16-11-20(15)18-14/h4-9,11,19H,2-3,10H2,1H3. The van der Waals surface area contributed by atoms with Crippen molar-refractivity contribution in [1.82, 2.24) is 19.8 Å². The predicted molar refractivity (Wildman–Crippen MR) is 88.5 cm³/mol. The van der Waals surface area contributed by atoms with Crippen molar-refractivity contribution in [2.24, 2.45) is 0 Å². The van der Waals surface area contributed by atoms with Gasteiger partial charge in [-0.2, -0.15) is 9.61 Å². The van der Waals surface area contributed by atoms with E-state index >= 15 is 0 Å². The SMILES string of the molecule is CCCCS(=O)(=O)Nc1ccc(-c2ccc3nncn3n2)cc1. The van der Waals surface area contributed by atoms with Gasteiger partial charge in [0.05, 0.1) is 11.4 Å². The van der Waals surface area contributed by atoms with Crippen LogP contribution in [0.5, 0.6) is 0 Å². The number of hydrogen-bond donors (Lipinski definition) is 1. The van der Waals surface area contributed by atoms with Gasteiger partial charge in [0.15, 0.2) is 5.65 Å². The summed E-state index contributed by atoms with van der Waals surface area (Å²) in [7, 11) is -3.28. The Morgan fingerprint density at radius 2 is 1.91 bits per heavy atom. The Hall–Kier alpha value is -2.48. The highest BCUT2D eigenvalue weighted by Gasteiger charge is 2.10. The molecule has 120 valence electrons. The van der Waals surface area contributed by atoms with Crippen LogP contribution in [0.25, 0.3) is 16.9 Å². The van der Waals surface area contributed by atoms with Gasteiger partial charge in [-0.3, -0.25) is 4.72 Å². The fourth-order valence-electron chi connectivity index (χ4n) is 2.16. The fraction of sp³-hybridized carbons (Fsp3) is 0.267. The van der Waals surface area contributed by atoms with E-state index in [0.717, 1.165) is 17.7 Å². The van der Waals surface area contributed by atoms with Gasteiger partial charge in [0.25, 0.3) is 0 Å². The minimum Gasteiger partial charge on any atom is -0.284 e. The lowest BCUT2D eigenvalue weighted by molar-refractivity contribution is 0.598. The van der Waals surface area contributed by atoms with E-state index in [1.807, 2.05) is 31.2 Å². The van der Waals surface area contributed by atoms with Crippen LogP contribution in [0.1, 0.15) is 19.8 Å². The maximum atomic E-state index is 11.9. The van der Waals surface area contributed by atoms with Crippen molar-refractivity contribution in [2.45, 2.75) is 19.8 Å². The van der Waals surface area contributed by atoms with Gasteiger partial charge >= 0.3 is 0 Å². The molecule has 0 spiro atoms. The van der Waals surface area contributed by atoms with Crippen LogP contribution in [0.2, 0.25) is 0 Å². The van der Waals surface area contributed by atoms with Crippen molar-refractivity contribution in [3.8, 4) is 11.3 Å². The van der Waals surface area contributed by atoms with Crippen molar-refractivity contribution in [1.29, 1.82) is 0 Å². The van der Waals surface area contributed by atoms with Crippen molar-refractivity contribution in [2.75, 3.05) is 10.5 Å². The summed E-state index contributed by atoms with van der Waals surface area (Å²) in [5.41, 5.74) is 2.87. The molecule has 0 fully saturated rings. The topological polar surface area (TPSA) is 89.2 Å². The molecule has 0 atom stereocenters. The summed E-state index contributed by atoms with van der Waals surface area (Å²) in [6.45, 7) is 1.96. The van der Waals surface area contributed by atoms with Gasteiger partial charge in [0, 0.05) is 11.3 Å². The van der Waals surface area contributed by atoms with Crippen LogP contribution in [-0.4, -0.2) is 34.0 Å². The number of anilines is 1. The van der Waals surface area contributed by atoms with Crippen LogP contribution < -0.4 is 4.72 Å². The van der Waals surface area contributed by atoms with Crippen molar-refractivity contribution < 1.29 is 8.42 Å². The molecule has 1 aromatic carbocycles. The maximum absolute atomic E-state index is 11.9. The highest BCUT2D eigenvalue weighted by Crippen LogP contribution is 2.20. The van der Waals surface area contributed by atoms with E-state index in [9.17, 15) is 8.42 Å². The number of aromatic nitrogens is 4. The Kier molecular flexibility index (Phi) is 4.24. The zero-order valence-electron chi connectivity index (χ0n) is 12.7. The van der Waals surface area contributed by atoms with E-state index in [2.05, 4.69) is 20.0 Å². The Balaban J connectivity index is 1.79. The molecule has 2 aromatic heterocycles. The van der Waals surface area contributed by atoms with E-state index in [1.54, 1.807) is 16.6 Å². The first kappa shape index (κ1) is 15.4. The maximum Gasteiger partial charge on any atom is 0.232 e. The lowest BCUT2D eigenvalue weighted by Crippen LogP contribution is -2.16. The third-order valence-electron chi connectivity index (χ3n) is 3.38. The van der Waals surface area contributed by atoms with E-state index in [0.29, 0.717) is 17.8 Å². The minimum atomic E-state index is -3.28. The van der Waals surface area contributed by atoms with Gasteiger partial charge < -0.3 is 0 Å². The second-order valence-corrected chi connectivity index (χ2v) is 7.05. The fourth-order valence-corrected chi connectivity index (χ4v) is 3.42. The normalized spacial score (nSPS) is 11.7. The quantitative estimate of drug-likeness (QED) is 0.749. The van der Waals surface area contributed by atoms with Crippen LogP contribution in [-0.2, 0) is 10.0 Å². The molecule has 0 aliphatic heterocycles. The van der Waals surface area contributed by atoms with Crippen LogP contribution >= 0.6 is 0 Å². The molecule has 2 heterocycles.